The lowest BCUT2D eigenvalue weighted by Crippen LogP contribution is -2.57. The van der Waals surface area contributed by atoms with Crippen molar-refractivity contribution >= 4 is 11.8 Å². The Hall–Kier alpha value is -2.18. The molecule has 162 valence electrons. The van der Waals surface area contributed by atoms with E-state index in [1.165, 1.54) is 0 Å². The molecule has 3 atom stereocenters. The Labute approximate surface area is 178 Å². The number of benzene rings is 1. The van der Waals surface area contributed by atoms with Gasteiger partial charge in [0.15, 0.2) is 0 Å². The molecule has 2 amide bonds. The molecule has 1 aromatic rings. The van der Waals surface area contributed by atoms with Crippen molar-refractivity contribution in [2.24, 2.45) is 11.3 Å². The van der Waals surface area contributed by atoms with E-state index in [4.69, 9.17) is 4.74 Å². The molecule has 0 saturated carbocycles. The molecule has 6 nitrogen and oxygen atoms in total. The monoisotopic (exact) mass is 411 g/mol. The molecule has 3 heterocycles. The van der Waals surface area contributed by atoms with Crippen LogP contribution in [-0.2, 0) is 20.7 Å². The number of rotatable bonds is 2. The van der Waals surface area contributed by atoms with E-state index in [1.54, 1.807) is 0 Å². The van der Waals surface area contributed by atoms with Gasteiger partial charge in [-0.25, -0.2) is 0 Å². The van der Waals surface area contributed by atoms with Crippen LogP contribution in [0.5, 0.6) is 0 Å². The summed E-state index contributed by atoms with van der Waals surface area (Å²) >= 11 is 0. The summed E-state index contributed by atoms with van der Waals surface area (Å²) in [5.41, 5.74) is 0.556. The lowest BCUT2D eigenvalue weighted by Gasteiger charge is -2.38. The maximum Gasteiger partial charge on any atom is 0.243 e. The van der Waals surface area contributed by atoms with Gasteiger partial charge in [0, 0.05) is 32.2 Å². The molecule has 0 aliphatic carbocycles. The molecule has 3 N–H and O–H groups in total. The van der Waals surface area contributed by atoms with Crippen molar-refractivity contribution in [3.8, 4) is 0 Å². The highest BCUT2D eigenvalue weighted by atomic mass is 16.5. The Morgan fingerprint density at radius 1 is 1.03 bits per heavy atom. The van der Waals surface area contributed by atoms with Crippen molar-refractivity contribution < 1.29 is 14.3 Å². The third-order valence-corrected chi connectivity index (χ3v) is 6.89. The smallest absolute Gasteiger partial charge is 0.243 e. The van der Waals surface area contributed by atoms with Crippen LogP contribution in [0.3, 0.4) is 0 Å². The van der Waals surface area contributed by atoms with Crippen molar-refractivity contribution in [1.82, 2.24) is 16.0 Å². The third-order valence-electron chi connectivity index (χ3n) is 6.89. The van der Waals surface area contributed by atoms with Gasteiger partial charge in [-0.2, -0.15) is 0 Å². The molecule has 0 aromatic heterocycles. The molecular weight excluding hydrogens is 378 g/mol. The maximum atomic E-state index is 13.4. The van der Waals surface area contributed by atoms with Gasteiger partial charge in [-0.1, -0.05) is 42.5 Å². The quantitative estimate of drug-likeness (QED) is 0.650. The van der Waals surface area contributed by atoms with Crippen LogP contribution in [-0.4, -0.2) is 50.2 Å². The molecule has 1 aromatic carbocycles. The molecular formula is C24H33N3O3. The summed E-state index contributed by atoms with van der Waals surface area (Å²) in [5, 5.41) is 9.85. The van der Waals surface area contributed by atoms with E-state index in [0.717, 1.165) is 31.5 Å². The Bertz CT molecular complexity index is 758. The largest absolute Gasteiger partial charge is 0.381 e. The number of piperidine rings is 1. The minimum absolute atomic E-state index is 0.0195. The second kappa shape index (κ2) is 9.75. The van der Waals surface area contributed by atoms with E-state index >= 15 is 0 Å². The number of carbonyl (C=O) groups is 2. The Balaban J connectivity index is 1.61. The van der Waals surface area contributed by atoms with E-state index in [-0.39, 0.29) is 17.9 Å². The fourth-order valence-corrected chi connectivity index (χ4v) is 4.88. The summed E-state index contributed by atoms with van der Waals surface area (Å²) in [4.78, 5) is 26.8. The van der Waals surface area contributed by atoms with Gasteiger partial charge in [-0.15, -0.1) is 0 Å². The zero-order valence-electron chi connectivity index (χ0n) is 17.6. The first-order valence-corrected chi connectivity index (χ1v) is 11.2. The van der Waals surface area contributed by atoms with Gasteiger partial charge in [0.05, 0.1) is 5.41 Å². The van der Waals surface area contributed by atoms with Gasteiger partial charge in [-0.3, -0.25) is 9.59 Å². The summed E-state index contributed by atoms with van der Waals surface area (Å²) in [5.74, 6) is 0.280. The van der Waals surface area contributed by atoms with Crippen molar-refractivity contribution in [3.63, 3.8) is 0 Å². The number of ether oxygens (including phenoxy) is 1. The van der Waals surface area contributed by atoms with Crippen molar-refractivity contribution in [3.05, 3.63) is 48.0 Å². The second-order valence-electron chi connectivity index (χ2n) is 8.89. The Morgan fingerprint density at radius 3 is 2.63 bits per heavy atom. The summed E-state index contributed by atoms with van der Waals surface area (Å²) in [7, 11) is 0. The summed E-state index contributed by atoms with van der Waals surface area (Å²) in [6.07, 6.45) is 8.78. The van der Waals surface area contributed by atoms with E-state index in [1.807, 2.05) is 30.3 Å². The first-order valence-electron chi connectivity index (χ1n) is 11.2. The zero-order valence-corrected chi connectivity index (χ0v) is 17.6. The Kier molecular flexibility index (Phi) is 6.85. The molecule has 0 radical (unpaired) electrons. The first kappa shape index (κ1) is 21.1. The number of fused-ring (bicyclic) bond motifs is 1. The predicted molar refractivity (Wildman–Crippen MR) is 116 cm³/mol. The molecule has 1 spiro atoms. The number of hydrogen-bond acceptors (Lipinski definition) is 4. The molecule has 3 aliphatic heterocycles. The van der Waals surface area contributed by atoms with E-state index in [0.29, 0.717) is 44.8 Å². The van der Waals surface area contributed by atoms with E-state index in [9.17, 15) is 9.59 Å². The Morgan fingerprint density at radius 2 is 1.83 bits per heavy atom. The van der Waals surface area contributed by atoms with E-state index in [2.05, 4.69) is 28.1 Å². The highest BCUT2D eigenvalue weighted by molar-refractivity contribution is 5.90. The zero-order chi connectivity index (χ0) is 20.8. The van der Waals surface area contributed by atoms with Gasteiger partial charge in [-0.05, 0) is 50.1 Å². The number of amides is 2. The van der Waals surface area contributed by atoms with Crippen molar-refractivity contribution in [1.29, 1.82) is 0 Å². The van der Waals surface area contributed by atoms with Crippen LogP contribution in [0.2, 0.25) is 0 Å². The summed E-state index contributed by atoms with van der Waals surface area (Å²) in [6, 6.07) is 9.49. The highest BCUT2D eigenvalue weighted by Crippen LogP contribution is 2.35. The molecule has 6 heteroatoms. The maximum absolute atomic E-state index is 13.4. The molecule has 2 saturated heterocycles. The third kappa shape index (κ3) is 4.93. The lowest BCUT2D eigenvalue weighted by atomic mass is 9.75. The number of carbonyl (C=O) groups excluding carboxylic acids is 2. The normalized spacial score (nSPS) is 29.8. The topological polar surface area (TPSA) is 79.5 Å². The molecule has 0 bridgehead atoms. The van der Waals surface area contributed by atoms with Crippen LogP contribution in [0.15, 0.2) is 42.5 Å². The fraction of sp³-hybridized carbons (Fsp3) is 0.583. The van der Waals surface area contributed by atoms with Gasteiger partial charge in [0.25, 0.3) is 0 Å². The van der Waals surface area contributed by atoms with Gasteiger partial charge in [0.2, 0.25) is 11.8 Å². The van der Waals surface area contributed by atoms with Crippen LogP contribution < -0.4 is 16.0 Å². The highest BCUT2D eigenvalue weighted by Gasteiger charge is 2.41. The molecule has 4 rings (SSSR count). The van der Waals surface area contributed by atoms with E-state index < -0.39 is 11.5 Å². The van der Waals surface area contributed by atoms with Crippen molar-refractivity contribution in [2.75, 3.05) is 26.3 Å². The van der Waals surface area contributed by atoms with Gasteiger partial charge in [0.1, 0.15) is 6.04 Å². The van der Waals surface area contributed by atoms with Crippen LogP contribution in [0.4, 0.5) is 0 Å². The number of hydrogen-bond donors (Lipinski definition) is 3. The van der Waals surface area contributed by atoms with Crippen molar-refractivity contribution in [2.45, 2.75) is 50.6 Å². The van der Waals surface area contributed by atoms with Crippen LogP contribution in [0, 0.1) is 11.3 Å². The fourth-order valence-electron chi connectivity index (χ4n) is 4.88. The average Bonchev–Trinajstić information content (AvgIpc) is 2.78. The van der Waals surface area contributed by atoms with Crippen LogP contribution in [0.1, 0.15) is 37.7 Å². The number of nitrogens with one attached hydrogen (secondary N) is 3. The summed E-state index contributed by atoms with van der Waals surface area (Å²) < 4.78 is 5.54. The molecule has 3 aliphatic rings. The van der Waals surface area contributed by atoms with Gasteiger partial charge < -0.3 is 20.7 Å². The molecule has 0 unspecified atom stereocenters. The van der Waals surface area contributed by atoms with Crippen LogP contribution in [0.25, 0.3) is 0 Å². The lowest BCUT2D eigenvalue weighted by molar-refractivity contribution is -0.140. The molecule has 30 heavy (non-hydrogen) atoms. The summed E-state index contributed by atoms with van der Waals surface area (Å²) in [6.45, 7) is 2.99. The first-order chi connectivity index (χ1) is 14.7. The number of allylic oxidation sites excluding steroid dienone is 2. The SMILES string of the molecule is O=C1N[C@H]2CCNC[C@H]2CC=CCC2(CCOCC2)C(=O)N[C@@H]1Cc1ccccc1. The minimum atomic E-state index is -0.571. The predicted octanol–water partition coefficient (Wildman–Crippen LogP) is 1.95. The second-order valence-corrected chi connectivity index (χ2v) is 8.89. The van der Waals surface area contributed by atoms with Gasteiger partial charge >= 0.3 is 0 Å². The average molecular weight is 412 g/mol. The van der Waals surface area contributed by atoms with Crippen LogP contribution >= 0.6 is 0 Å². The molecule has 2 fully saturated rings. The standard InChI is InChI=1S/C24H33N3O3/c28-22-21(16-18-6-2-1-3-7-18)27-23(29)24(11-14-30-15-12-24)10-5-4-8-19-17-25-13-9-20(19)26-22/h1-7,19-21,25H,8-17H2,(H,26,28)(H,27,29)/t19-,20+,21-/m1/s1. The minimum Gasteiger partial charge on any atom is -0.381 e.